The third-order valence-electron chi connectivity index (χ3n) is 3.77. The summed E-state index contributed by atoms with van der Waals surface area (Å²) in [6.07, 6.45) is 0.673. The highest BCUT2D eigenvalue weighted by molar-refractivity contribution is 7.89. The summed E-state index contributed by atoms with van der Waals surface area (Å²) in [5.41, 5.74) is 0.535. The Balaban J connectivity index is 1.59. The van der Waals surface area contributed by atoms with Gasteiger partial charge >= 0.3 is 0 Å². The smallest absolute Gasteiger partial charge is 0.262 e. The SMILES string of the molecule is CCCNS(=O)(=O)c1ccc(OCC(=O)Nc2ccc3c(c2)OCO3)c(Cl)c1. The van der Waals surface area contributed by atoms with E-state index in [1.165, 1.54) is 18.2 Å². The second kappa shape index (κ2) is 8.68. The predicted octanol–water partition coefficient (Wildman–Crippen LogP) is 2.77. The van der Waals surface area contributed by atoms with Crippen molar-refractivity contribution in [1.29, 1.82) is 0 Å². The van der Waals surface area contributed by atoms with Crippen molar-refractivity contribution >= 4 is 33.2 Å². The van der Waals surface area contributed by atoms with Gasteiger partial charge in [0.15, 0.2) is 18.1 Å². The van der Waals surface area contributed by atoms with Gasteiger partial charge in [0.2, 0.25) is 16.8 Å². The van der Waals surface area contributed by atoms with Gasteiger partial charge in [-0.2, -0.15) is 0 Å². The van der Waals surface area contributed by atoms with Gasteiger partial charge in [-0.1, -0.05) is 18.5 Å². The lowest BCUT2D eigenvalue weighted by Crippen LogP contribution is -2.24. The lowest BCUT2D eigenvalue weighted by atomic mass is 10.3. The number of carbonyl (C=O) groups is 1. The Morgan fingerprint density at radius 2 is 1.96 bits per heavy atom. The monoisotopic (exact) mass is 426 g/mol. The molecule has 2 N–H and O–H groups in total. The van der Waals surface area contributed by atoms with Crippen LogP contribution in [0.5, 0.6) is 17.2 Å². The molecule has 2 aromatic rings. The Kier molecular flexibility index (Phi) is 6.28. The van der Waals surface area contributed by atoms with Crippen molar-refractivity contribution in [3.8, 4) is 17.2 Å². The van der Waals surface area contributed by atoms with Crippen LogP contribution in [0.2, 0.25) is 5.02 Å². The number of halogens is 1. The van der Waals surface area contributed by atoms with E-state index in [2.05, 4.69) is 10.0 Å². The standard InChI is InChI=1S/C18H19ClN2O6S/c1-2-7-20-28(23,24)13-4-6-15(14(19)9-13)25-10-18(22)21-12-3-5-16-17(8-12)27-11-26-16/h3-6,8-9,20H,2,7,10-11H2,1H3,(H,21,22). The molecule has 0 unspecified atom stereocenters. The van der Waals surface area contributed by atoms with Crippen LogP contribution < -0.4 is 24.2 Å². The Labute approximate surface area is 167 Å². The van der Waals surface area contributed by atoms with E-state index in [0.717, 1.165) is 0 Å². The maximum absolute atomic E-state index is 12.1. The van der Waals surface area contributed by atoms with Crippen LogP contribution in [0.3, 0.4) is 0 Å². The molecular formula is C18H19ClN2O6S. The van der Waals surface area contributed by atoms with Crippen molar-refractivity contribution in [2.24, 2.45) is 0 Å². The van der Waals surface area contributed by atoms with Gasteiger partial charge in [0.05, 0.1) is 9.92 Å². The molecule has 1 amide bonds. The fourth-order valence-electron chi connectivity index (χ4n) is 2.40. The van der Waals surface area contributed by atoms with Gasteiger partial charge in [-0.05, 0) is 36.8 Å². The van der Waals surface area contributed by atoms with Crippen LogP contribution in [0.1, 0.15) is 13.3 Å². The normalized spacial score (nSPS) is 12.6. The number of anilines is 1. The molecule has 1 aliphatic rings. The van der Waals surface area contributed by atoms with E-state index in [9.17, 15) is 13.2 Å². The third kappa shape index (κ3) is 4.86. The molecule has 1 heterocycles. The molecule has 0 atom stereocenters. The Bertz CT molecular complexity index is 980. The average Bonchev–Trinajstić information content (AvgIpc) is 3.13. The number of nitrogens with one attached hydrogen (secondary N) is 2. The minimum absolute atomic E-state index is 0.0307. The zero-order chi connectivity index (χ0) is 20.1. The van der Waals surface area contributed by atoms with Crippen LogP contribution in [0, 0.1) is 0 Å². The van der Waals surface area contributed by atoms with Gasteiger partial charge in [-0.15, -0.1) is 0 Å². The molecule has 8 nitrogen and oxygen atoms in total. The molecular weight excluding hydrogens is 408 g/mol. The fourth-order valence-corrected chi connectivity index (χ4v) is 3.86. The van der Waals surface area contributed by atoms with Gasteiger partial charge in [-0.3, -0.25) is 4.79 Å². The highest BCUT2D eigenvalue weighted by Gasteiger charge is 2.17. The second-order valence-electron chi connectivity index (χ2n) is 5.89. The highest BCUT2D eigenvalue weighted by Crippen LogP contribution is 2.34. The van der Waals surface area contributed by atoms with Gasteiger partial charge in [-0.25, -0.2) is 13.1 Å². The van der Waals surface area contributed by atoms with Crippen LogP contribution in [0.25, 0.3) is 0 Å². The van der Waals surface area contributed by atoms with Gasteiger partial charge in [0.25, 0.3) is 5.91 Å². The lowest BCUT2D eigenvalue weighted by molar-refractivity contribution is -0.118. The number of hydrogen-bond donors (Lipinski definition) is 2. The minimum Gasteiger partial charge on any atom is -0.482 e. The van der Waals surface area contributed by atoms with Gasteiger partial charge in [0, 0.05) is 18.3 Å². The number of rotatable bonds is 8. The number of hydrogen-bond acceptors (Lipinski definition) is 6. The molecule has 0 saturated carbocycles. The summed E-state index contributed by atoms with van der Waals surface area (Å²) in [5, 5.41) is 2.76. The molecule has 10 heteroatoms. The highest BCUT2D eigenvalue weighted by atomic mass is 35.5. The zero-order valence-electron chi connectivity index (χ0n) is 15.0. The van der Waals surface area contributed by atoms with E-state index in [4.69, 9.17) is 25.8 Å². The summed E-state index contributed by atoms with van der Waals surface area (Å²) in [4.78, 5) is 12.1. The third-order valence-corrected chi connectivity index (χ3v) is 5.52. The Morgan fingerprint density at radius 1 is 1.18 bits per heavy atom. The number of benzene rings is 2. The quantitative estimate of drug-likeness (QED) is 0.672. The number of sulfonamides is 1. The van der Waals surface area contributed by atoms with Crippen LogP contribution in [0.15, 0.2) is 41.3 Å². The average molecular weight is 427 g/mol. The van der Waals surface area contributed by atoms with Gasteiger partial charge < -0.3 is 19.5 Å². The maximum Gasteiger partial charge on any atom is 0.262 e. The largest absolute Gasteiger partial charge is 0.482 e. The molecule has 2 aromatic carbocycles. The second-order valence-corrected chi connectivity index (χ2v) is 8.07. The summed E-state index contributed by atoms with van der Waals surface area (Å²) < 4.78 is 42.5. The molecule has 0 radical (unpaired) electrons. The number of amides is 1. The molecule has 0 aliphatic carbocycles. The van der Waals surface area contributed by atoms with E-state index in [1.807, 2.05) is 6.92 Å². The number of ether oxygens (including phenoxy) is 3. The van der Waals surface area contributed by atoms with Crippen LogP contribution in [-0.2, 0) is 14.8 Å². The first-order valence-corrected chi connectivity index (χ1v) is 10.4. The lowest BCUT2D eigenvalue weighted by Gasteiger charge is -2.11. The van der Waals surface area contributed by atoms with Crippen LogP contribution in [-0.4, -0.2) is 34.3 Å². The molecule has 0 aromatic heterocycles. The van der Waals surface area contributed by atoms with Crippen molar-refractivity contribution in [1.82, 2.24) is 4.72 Å². The van der Waals surface area contributed by atoms with E-state index < -0.39 is 15.9 Å². The first-order chi connectivity index (χ1) is 13.4. The molecule has 0 saturated heterocycles. The van der Waals surface area contributed by atoms with Crippen LogP contribution in [0.4, 0.5) is 5.69 Å². The summed E-state index contributed by atoms with van der Waals surface area (Å²) in [6.45, 7) is 2.04. The summed E-state index contributed by atoms with van der Waals surface area (Å²) in [7, 11) is -3.63. The molecule has 1 aliphatic heterocycles. The summed E-state index contributed by atoms with van der Waals surface area (Å²) >= 11 is 6.10. The fraction of sp³-hybridized carbons (Fsp3) is 0.278. The molecule has 0 fully saturated rings. The molecule has 0 spiro atoms. The zero-order valence-corrected chi connectivity index (χ0v) is 16.6. The topological polar surface area (TPSA) is 103 Å². The van der Waals surface area contributed by atoms with E-state index in [0.29, 0.717) is 30.2 Å². The van der Waals surface area contributed by atoms with Crippen molar-refractivity contribution in [2.45, 2.75) is 18.2 Å². The first-order valence-electron chi connectivity index (χ1n) is 8.50. The van der Waals surface area contributed by atoms with E-state index in [1.54, 1.807) is 18.2 Å². The van der Waals surface area contributed by atoms with E-state index in [-0.39, 0.29) is 29.1 Å². The minimum atomic E-state index is -3.63. The van der Waals surface area contributed by atoms with Crippen molar-refractivity contribution in [3.63, 3.8) is 0 Å². The van der Waals surface area contributed by atoms with Gasteiger partial charge in [0.1, 0.15) is 5.75 Å². The number of carbonyl (C=O) groups excluding carboxylic acids is 1. The molecule has 3 rings (SSSR count). The molecule has 0 bridgehead atoms. The first kappa shape index (κ1) is 20.2. The Hall–Kier alpha value is -2.49. The van der Waals surface area contributed by atoms with Crippen molar-refractivity contribution in [3.05, 3.63) is 41.4 Å². The Morgan fingerprint density at radius 3 is 2.71 bits per heavy atom. The van der Waals surface area contributed by atoms with Crippen molar-refractivity contribution < 1.29 is 27.4 Å². The summed E-state index contributed by atoms with van der Waals surface area (Å²) in [6, 6.07) is 9.09. The van der Waals surface area contributed by atoms with Crippen LogP contribution >= 0.6 is 11.6 Å². The molecule has 28 heavy (non-hydrogen) atoms. The molecule has 150 valence electrons. The van der Waals surface area contributed by atoms with Crippen molar-refractivity contribution in [2.75, 3.05) is 25.3 Å². The maximum atomic E-state index is 12.1. The van der Waals surface area contributed by atoms with E-state index >= 15 is 0 Å². The number of fused-ring (bicyclic) bond motifs is 1. The predicted molar refractivity (Wildman–Crippen MR) is 104 cm³/mol. The summed E-state index contributed by atoms with van der Waals surface area (Å²) in [5.74, 6) is 0.966.